The topological polar surface area (TPSA) is 72.8 Å². The van der Waals surface area contributed by atoms with Crippen molar-refractivity contribution in [2.45, 2.75) is 37.5 Å². The fraction of sp³-hybridized carbons (Fsp3) is 0.296. The van der Waals surface area contributed by atoms with Crippen molar-refractivity contribution >= 4 is 6.03 Å². The Morgan fingerprint density at radius 2 is 1.47 bits per heavy atom. The molecule has 0 radical (unpaired) electrons. The zero-order valence-corrected chi connectivity index (χ0v) is 18.9. The fourth-order valence-corrected chi connectivity index (χ4v) is 4.62. The van der Waals surface area contributed by atoms with Crippen LogP contribution in [0.2, 0.25) is 0 Å². The number of carbonyl (C=O) groups excluding carboxylic acids is 1. The summed E-state index contributed by atoms with van der Waals surface area (Å²) in [5.74, 6) is -0.670. The first-order valence-electron chi connectivity index (χ1n) is 11.3. The van der Waals surface area contributed by atoms with E-state index in [1.807, 2.05) is 31.2 Å². The van der Waals surface area contributed by atoms with Crippen LogP contribution in [0.5, 0.6) is 0 Å². The highest BCUT2D eigenvalue weighted by molar-refractivity contribution is 5.77. The van der Waals surface area contributed by atoms with Gasteiger partial charge in [0.25, 0.3) is 0 Å². The molecule has 0 aromatic heterocycles. The van der Waals surface area contributed by atoms with E-state index in [9.17, 15) is 23.8 Å². The van der Waals surface area contributed by atoms with Gasteiger partial charge < -0.3 is 20.4 Å². The van der Waals surface area contributed by atoms with Crippen molar-refractivity contribution in [3.8, 4) is 11.1 Å². The van der Waals surface area contributed by atoms with E-state index in [0.29, 0.717) is 18.5 Å². The smallest absolute Gasteiger partial charge is 0.318 e. The van der Waals surface area contributed by atoms with Crippen LogP contribution in [-0.4, -0.2) is 40.4 Å². The van der Waals surface area contributed by atoms with Crippen LogP contribution in [0.4, 0.5) is 13.6 Å². The highest BCUT2D eigenvalue weighted by atomic mass is 19.1. The van der Waals surface area contributed by atoms with Gasteiger partial charge in [-0.1, -0.05) is 48.5 Å². The van der Waals surface area contributed by atoms with E-state index in [0.717, 1.165) is 16.7 Å². The van der Waals surface area contributed by atoms with Gasteiger partial charge in [0, 0.05) is 13.0 Å². The van der Waals surface area contributed by atoms with Crippen LogP contribution in [0, 0.1) is 11.6 Å². The molecule has 34 heavy (non-hydrogen) atoms. The summed E-state index contributed by atoms with van der Waals surface area (Å²) in [5, 5.41) is 22.6. The lowest BCUT2D eigenvalue weighted by molar-refractivity contribution is 0.0441. The van der Waals surface area contributed by atoms with Gasteiger partial charge in [-0.15, -0.1) is 0 Å². The maximum Gasteiger partial charge on any atom is 0.318 e. The van der Waals surface area contributed by atoms with Gasteiger partial charge in [0.05, 0.1) is 24.3 Å². The molecule has 0 saturated carbocycles. The number of carbonyl (C=O) groups is 1. The van der Waals surface area contributed by atoms with Crippen LogP contribution in [-0.2, 0) is 5.54 Å². The van der Waals surface area contributed by atoms with E-state index in [1.165, 1.54) is 24.3 Å². The van der Waals surface area contributed by atoms with Gasteiger partial charge in [0.2, 0.25) is 0 Å². The third kappa shape index (κ3) is 4.95. The Labute approximate surface area is 197 Å². The van der Waals surface area contributed by atoms with Crippen LogP contribution in [0.25, 0.3) is 11.1 Å². The molecule has 1 fully saturated rings. The molecule has 3 atom stereocenters. The molecule has 1 aliphatic heterocycles. The van der Waals surface area contributed by atoms with Crippen molar-refractivity contribution in [2.24, 2.45) is 0 Å². The number of nitrogens with zero attached hydrogens (tertiary/aromatic N) is 1. The lowest BCUT2D eigenvalue weighted by Gasteiger charge is -2.45. The summed E-state index contributed by atoms with van der Waals surface area (Å²) in [5.41, 5.74) is 2.59. The average Bonchev–Trinajstić information content (AvgIpc) is 2.84. The van der Waals surface area contributed by atoms with Gasteiger partial charge in [0.15, 0.2) is 0 Å². The third-order valence-electron chi connectivity index (χ3n) is 6.62. The molecule has 1 saturated heterocycles. The molecule has 2 amide bonds. The van der Waals surface area contributed by atoms with Crippen LogP contribution < -0.4 is 5.32 Å². The van der Waals surface area contributed by atoms with Gasteiger partial charge in [-0.2, -0.15) is 0 Å². The summed E-state index contributed by atoms with van der Waals surface area (Å²) in [6.07, 6.45) is -0.414. The molecule has 7 heteroatoms. The second-order valence-corrected chi connectivity index (χ2v) is 8.81. The maximum atomic E-state index is 13.5. The van der Waals surface area contributed by atoms with Gasteiger partial charge in [-0.05, 0) is 59.9 Å². The number of rotatable bonds is 7. The monoisotopic (exact) mass is 466 g/mol. The minimum Gasteiger partial charge on any atom is -0.394 e. The molecule has 3 unspecified atom stereocenters. The molecular formula is C27H28F2N2O3. The normalized spacial score (nSPS) is 20.0. The summed E-state index contributed by atoms with van der Waals surface area (Å²) in [6.45, 7) is 1.93. The van der Waals surface area contributed by atoms with Crippen molar-refractivity contribution in [1.82, 2.24) is 10.2 Å². The van der Waals surface area contributed by atoms with Crippen molar-refractivity contribution in [1.29, 1.82) is 0 Å². The number of benzene rings is 3. The quantitative estimate of drug-likeness (QED) is 0.471. The van der Waals surface area contributed by atoms with Gasteiger partial charge in [0.1, 0.15) is 11.6 Å². The van der Waals surface area contributed by atoms with Crippen molar-refractivity contribution in [3.63, 3.8) is 0 Å². The van der Waals surface area contributed by atoms with Gasteiger partial charge in [-0.3, -0.25) is 0 Å². The summed E-state index contributed by atoms with van der Waals surface area (Å²) >= 11 is 0. The molecule has 0 aliphatic carbocycles. The molecule has 4 rings (SSSR count). The standard InChI is InChI=1S/C27H28F2N2O3/c1-18(19-2-4-20(5-3-19)21-6-10-23(28)11-7-21)31-15-14-27(30-26(31)34,16-25(33)17-32)22-8-12-24(29)13-9-22/h2-13,18,25,32-33H,14-17H2,1H3,(H,30,34). The molecule has 3 aromatic rings. The Morgan fingerprint density at radius 3 is 2.00 bits per heavy atom. The Balaban J connectivity index is 1.52. The number of aliphatic hydroxyl groups is 2. The first kappa shape index (κ1) is 23.9. The Morgan fingerprint density at radius 1 is 0.941 bits per heavy atom. The number of amides is 2. The fourth-order valence-electron chi connectivity index (χ4n) is 4.62. The van der Waals surface area contributed by atoms with Crippen LogP contribution in [0.3, 0.4) is 0 Å². The van der Waals surface area contributed by atoms with Crippen molar-refractivity contribution in [3.05, 3.63) is 95.6 Å². The van der Waals surface area contributed by atoms with Crippen LogP contribution in [0.15, 0.2) is 72.8 Å². The SMILES string of the molecule is CC(c1ccc(-c2ccc(F)cc2)cc1)N1CCC(CC(O)CO)(c2ccc(F)cc2)NC1=O. The van der Waals surface area contributed by atoms with Crippen LogP contribution >= 0.6 is 0 Å². The molecule has 0 spiro atoms. The summed E-state index contributed by atoms with van der Waals surface area (Å²) < 4.78 is 26.7. The predicted octanol–water partition coefficient (Wildman–Crippen LogP) is 4.75. The van der Waals surface area contributed by atoms with Gasteiger partial charge >= 0.3 is 6.03 Å². The molecule has 178 valence electrons. The van der Waals surface area contributed by atoms with Crippen LogP contribution in [0.1, 0.15) is 36.9 Å². The molecule has 5 nitrogen and oxygen atoms in total. The van der Waals surface area contributed by atoms with E-state index in [2.05, 4.69) is 5.32 Å². The third-order valence-corrected chi connectivity index (χ3v) is 6.62. The van der Waals surface area contributed by atoms with E-state index >= 15 is 0 Å². The molecule has 3 N–H and O–H groups in total. The second kappa shape index (κ2) is 9.91. The maximum absolute atomic E-state index is 13.5. The molecular weight excluding hydrogens is 438 g/mol. The molecule has 1 heterocycles. The lowest BCUT2D eigenvalue weighted by Crippen LogP contribution is -2.59. The number of aliphatic hydroxyl groups excluding tert-OH is 2. The van der Waals surface area contributed by atoms with Crippen molar-refractivity contribution in [2.75, 3.05) is 13.2 Å². The number of halogens is 2. The molecule has 3 aromatic carbocycles. The minimum absolute atomic E-state index is 0.120. The highest BCUT2D eigenvalue weighted by Gasteiger charge is 2.42. The zero-order chi connectivity index (χ0) is 24.3. The Hall–Kier alpha value is -3.29. The second-order valence-electron chi connectivity index (χ2n) is 8.81. The number of nitrogens with one attached hydrogen (secondary N) is 1. The van der Waals surface area contributed by atoms with Gasteiger partial charge in [-0.25, -0.2) is 13.6 Å². The number of hydrogen-bond donors (Lipinski definition) is 3. The largest absolute Gasteiger partial charge is 0.394 e. The Bertz CT molecular complexity index is 1120. The van der Waals surface area contributed by atoms with E-state index < -0.39 is 18.2 Å². The summed E-state index contributed by atoms with van der Waals surface area (Å²) in [7, 11) is 0. The number of hydrogen-bond acceptors (Lipinski definition) is 3. The minimum atomic E-state index is -1.02. The molecule has 0 bridgehead atoms. The predicted molar refractivity (Wildman–Crippen MR) is 126 cm³/mol. The summed E-state index contributed by atoms with van der Waals surface area (Å²) in [4.78, 5) is 14.9. The van der Waals surface area contributed by atoms with E-state index in [-0.39, 0.29) is 30.1 Å². The molecule has 1 aliphatic rings. The lowest BCUT2D eigenvalue weighted by atomic mass is 9.80. The van der Waals surface area contributed by atoms with E-state index in [1.54, 1.807) is 29.2 Å². The zero-order valence-electron chi connectivity index (χ0n) is 18.9. The van der Waals surface area contributed by atoms with Crippen molar-refractivity contribution < 1.29 is 23.8 Å². The summed E-state index contributed by atoms with van der Waals surface area (Å²) in [6, 6.07) is 19.4. The van der Waals surface area contributed by atoms with E-state index in [4.69, 9.17) is 0 Å². The number of urea groups is 1. The first-order valence-corrected chi connectivity index (χ1v) is 11.3. The first-order chi connectivity index (χ1) is 16.3. The average molecular weight is 467 g/mol. The highest BCUT2D eigenvalue weighted by Crippen LogP contribution is 2.36. The Kier molecular flexibility index (Phi) is 6.95.